The van der Waals surface area contributed by atoms with Gasteiger partial charge in [0, 0.05) is 37.4 Å². The van der Waals surface area contributed by atoms with E-state index < -0.39 is 0 Å². The summed E-state index contributed by atoms with van der Waals surface area (Å²) in [6.07, 6.45) is 22.0. The van der Waals surface area contributed by atoms with Gasteiger partial charge in [0.25, 0.3) is 0 Å². The molecular weight excluding hydrogens is 454 g/mol. The first kappa shape index (κ1) is 26.3. The number of rotatable bonds is 8. The maximum Gasteiger partial charge on any atom is 0.224 e. The van der Waals surface area contributed by atoms with Crippen molar-refractivity contribution in [1.82, 2.24) is 14.5 Å². The Balaban J connectivity index is 1.43. The van der Waals surface area contributed by atoms with Gasteiger partial charge in [0.2, 0.25) is 5.91 Å². The number of aryl methyl sites for hydroxylation is 1. The number of fused-ring (bicyclic) bond motifs is 1. The van der Waals surface area contributed by atoms with E-state index in [1.54, 1.807) is 0 Å². The summed E-state index contributed by atoms with van der Waals surface area (Å²) in [6.45, 7) is 8.34. The van der Waals surface area contributed by atoms with Crippen LogP contribution < -0.4 is 0 Å². The number of carbonyl (C=O) groups excluding carboxylic acids is 1. The molecule has 4 nitrogen and oxygen atoms in total. The minimum Gasteiger partial charge on any atom is -0.340 e. The van der Waals surface area contributed by atoms with Gasteiger partial charge in [0.05, 0.1) is 11.0 Å². The summed E-state index contributed by atoms with van der Waals surface area (Å²) in [5.41, 5.74) is 3.66. The summed E-state index contributed by atoms with van der Waals surface area (Å²) in [5, 5.41) is 0. The fourth-order valence-corrected chi connectivity index (χ4v) is 7.26. The Morgan fingerprint density at radius 1 is 1.00 bits per heavy atom. The summed E-state index contributed by atoms with van der Waals surface area (Å²) < 4.78 is 2.44. The van der Waals surface area contributed by atoms with Gasteiger partial charge in [0.1, 0.15) is 5.82 Å². The van der Waals surface area contributed by atoms with E-state index in [1.165, 1.54) is 81.1 Å². The topological polar surface area (TPSA) is 38.1 Å². The molecule has 1 heterocycles. The third-order valence-corrected chi connectivity index (χ3v) is 9.61. The fourth-order valence-electron chi connectivity index (χ4n) is 7.26. The highest BCUT2D eigenvalue weighted by molar-refractivity contribution is 5.79. The van der Waals surface area contributed by atoms with Gasteiger partial charge in [-0.3, -0.25) is 4.79 Å². The first-order chi connectivity index (χ1) is 18.1. The highest BCUT2D eigenvalue weighted by Gasteiger charge is 2.28. The summed E-state index contributed by atoms with van der Waals surface area (Å²) >= 11 is 0. The van der Waals surface area contributed by atoms with E-state index in [-0.39, 0.29) is 0 Å². The second kappa shape index (κ2) is 12.0. The molecule has 2 atom stereocenters. The second-order valence-electron chi connectivity index (χ2n) is 11.9. The van der Waals surface area contributed by atoms with Crippen molar-refractivity contribution in [2.45, 2.75) is 116 Å². The van der Waals surface area contributed by atoms with Gasteiger partial charge in [0.15, 0.2) is 0 Å². The minimum atomic E-state index is 0.321. The number of allylic oxidation sites excluding steroid dienone is 4. The lowest BCUT2D eigenvalue weighted by molar-refractivity contribution is -0.134. The highest BCUT2D eigenvalue weighted by Crippen LogP contribution is 2.39. The van der Waals surface area contributed by atoms with E-state index in [2.05, 4.69) is 72.7 Å². The van der Waals surface area contributed by atoms with Crippen LogP contribution >= 0.6 is 0 Å². The molecule has 1 aromatic heterocycles. The van der Waals surface area contributed by atoms with Gasteiger partial charge in [-0.1, -0.05) is 69.9 Å². The molecule has 0 spiro atoms. The smallest absolute Gasteiger partial charge is 0.224 e. The van der Waals surface area contributed by atoms with Crippen molar-refractivity contribution in [3.05, 3.63) is 53.9 Å². The van der Waals surface area contributed by atoms with E-state index in [0.717, 1.165) is 24.5 Å². The normalized spacial score (nSPS) is 26.6. The zero-order chi connectivity index (χ0) is 25.8. The molecule has 0 bridgehead atoms. The van der Waals surface area contributed by atoms with Crippen molar-refractivity contribution < 1.29 is 4.79 Å². The van der Waals surface area contributed by atoms with Gasteiger partial charge in [-0.05, 0) is 75.0 Å². The molecule has 37 heavy (non-hydrogen) atoms. The third kappa shape index (κ3) is 5.73. The molecule has 2 fully saturated rings. The predicted molar refractivity (Wildman–Crippen MR) is 154 cm³/mol. The Bertz CT molecular complexity index is 1110. The summed E-state index contributed by atoms with van der Waals surface area (Å²) in [7, 11) is 0. The van der Waals surface area contributed by atoms with Crippen LogP contribution in [0.25, 0.3) is 11.0 Å². The molecule has 3 aliphatic rings. The van der Waals surface area contributed by atoms with E-state index >= 15 is 0 Å². The minimum absolute atomic E-state index is 0.321. The van der Waals surface area contributed by atoms with Crippen LogP contribution in [0.4, 0.5) is 0 Å². The Labute approximate surface area is 224 Å². The Kier molecular flexibility index (Phi) is 8.52. The standard InChI is InChI=1S/C33H47N3O/c1-4-25-15-17-26(18-16-25)33-34-30-20-19-27(29-14-10-9-11-24(29)3)23-31(30)36(33)22-21-32(37)35(5-2)28-12-7-6-8-13-28/h9-11,14,19-20,23-26,28-29H,4-8,12-13,15-18,21-22H2,1-3H3. The number of nitrogens with zero attached hydrogens (tertiary/aromatic N) is 3. The molecule has 5 rings (SSSR count). The van der Waals surface area contributed by atoms with Crippen LogP contribution in [-0.2, 0) is 11.3 Å². The highest BCUT2D eigenvalue weighted by atomic mass is 16.2. The number of benzene rings is 1. The van der Waals surface area contributed by atoms with Gasteiger partial charge < -0.3 is 9.47 Å². The molecule has 0 radical (unpaired) electrons. The molecular formula is C33H47N3O. The van der Waals surface area contributed by atoms with Crippen molar-refractivity contribution in [2.75, 3.05) is 6.54 Å². The van der Waals surface area contributed by atoms with Gasteiger partial charge in [-0.15, -0.1) is 0 Å². The lowest BCUT2D eigenvalue weighted by Crippen LogP contribution is -2.41. The monoisotopic (exact) mass is 501 g/mol. The van der Waals surface area contributed by atoms with E-state index in [0.29, 0.717) is 36.1 Å². The molecule has 2 saturated carbocycles. The van der Waals surface area contributed by atoms with E-state index in [9.17, 15) is 4.79 Å². The van der Waals surface area contributed by atoms with Crippen LogP contribution in [0.2, 0.25) is 0 Å². The Morgan fingerprint density at radius 3 is 2.46 bits per heavy atom. The van der Waals surface area contributed by atoms with Crippen molar-refractivity contribution in [1.29, 1.82) is 0 Å². The quantitative estimate of drug-likeness (QED) is 0.366. The summed E-state index contributed by atoms with van der Waals surface area (Å²) in [4.78, 5) is 20.9. The van der Waals surface area contributed by atoms with Crippen molar-refractivity contribution in [2.24, 2.45) is 11.8 Å². The Morgan fingerprint density at radius 2 is 1.76 bits per heavy atom. The van der Waals surface area contributed by atoms with Crippen LogP contribution in [0, 0.1) is 11.8 Å². The molecule has 200 valence electrons. The summed E-state index contributed by atoms with van der Waals surface area (Å²) in [5.74, 6) is 3.79. The van der Waals surface area contributed by atoms with E-state index in [4.69, 9.17) is 4.98 Å². The molecule has 4 heteroatoms. The van der Waals surface area contributed by atoms with Crippen LogP contribution in [0.5, 0.6) is 0 Å². The zero-order valence-electron chi connectivity index (χ0n) is 23.4. The number of hydrogen-bond donors (Lipinski definition) is 0. The van der Waals surface area contributed by atoms with Crippen LogP contribution in [0.15, 0.2) is 42.5 Å². The number of carbonyl (C=O) groups is 1. The molecule has 2 unspecified atom stereocenters. The zero-order valence-corrected chi connectivity index (χ0v) is 23.4. The summed E-state index contributed by atoms with van der Waals surface area (Å²) in [6, 6.07) is 7.31. The predicted octanol–water partition coefficient (Wildman–Crippen LogP) is 8.14. The number of aromatic nitrogens is 2. The Hall–Kier alpha value is -2.36. The molecule has 1 aromatic carbocycles. The molecule has 0 N–H and O–H groups in total. The van der Waals surface area contributed by atoms with Crippen LogP contribution in [-0.4, -0.2) is 32.9 Å². The maximum absolute atomic E-state index is 13.5. The van der Waals surface area contributed by atoms with E-state index in [1.807, 2.05) is 0 Å². The van der Waals surface area contributed by atoms with Crippen LogP contribution in [0.1, 0.15) is 115 Å². The lowest BCUT2D eigenvalue weighted by atomic mass is 9.80. The maximum atomic E-state index is 13.5. The van der Waals surface area contributed by atoms with Crippen LogP contribution in [0.3, 0.4) is 0 Å². The largest absolute Gasteiger partial charge is 0.340 e. The second-order valence-corrected chi connectivity index (χ2v) is 11.9. The number of amides is 1. The molecule has 2 aromatic rings. The first-order valence-electron chi connectivity index (χ1n) is 15.2. The fraction of sp³-hybridized carbons (Fsp3) is 0.636. The van der Waals surface area contributed by atoms with Gasteiger partial charge >= 0.3 is 0 Å². The molecule has 3 aliphatic carbocycles. The van der Waals surface area contributed by atoms with Gasteiger partial charge in [-0.25, -0.2) is 4.98 Å². The third-order valence-electron chi connectivity index (χ3n) is 9.61. The average molecular weight is 502 g/mol. The number of hydrogen-bond acceptors (Lipinski definition) is 2. The lowest BCUT2D eigenvalue weighted by Gasteiger charge is -2.34. The van der Waals surface area contributed by atoms with Crippen molar-refractivity contribution in [3.63, 3.8) is 0 Å². The first-order valence-corrected chi connectivity index (χ1v) is 15.2. The average Bonchev–Trinajstić information content (AvgIpc) is 3.31. The molecule has 0 saturated heterocycles. The number of imidazole rings is 1. The van der Waals surface area contributed by atoms with Gasteiger partial charge in [-0.2, -0.15) is 0 Å². The molecule has 0 aliphatic heterocycles. The van der Waals surface area contributed by atoms with Crippen molar-refractivity contribution >= 4 is 16.9 Å². The van der Waals surface area contributed by atoms with Crippen molar-refractivity contribution in [3.8, 4) is 0 Å². The SMILES string of the molecule is CCC1CCC(c2nc3ccc(C4C=CC=CC4C)cc3n2CCC(=O)N(CC)C2CCCCC2)CC1. The molecule has 1 amide bonds.